The van der Waals surface area contributed by atoms with E-state index < -0.39 is 0 Å². The van der Waals surface area contributed by atoms with Crippen LogP contribution in [-0.4, -0.2) is 24.9 Å². The van der Waals surface area contributed by atoms with Crippen molar-refractivity contribution in [3.8, 4) is 11.5 Å². The Kier molecular flexibility index (Phi) is 2.92. The van der Waals surface area contributed by atoms with Crippen LogP contribution >= 0.6 is 0 Å². The lowest BCUT2D eigenvalue weighted by Crippen LogP contribution is -2.31. The number of hydrogen-bond acceptors (Lipinski definition) is 4. The molecule has 2 N–H and O–H groups in total. The summed E-state index contributed by atoms with van der Waals surface area (Å²) in [5, 5.41) is 7.10. The second-order valence-electron chi connectivity index (χ2n) is 5.73. The van der Waals surface area contributed by atoms with E-state index in [1.54, 1.807) is 0 Å². The number of hydrogen-bond donors (Lipinski definition) is 2. The smallest absolute Gasteiger partial charge is 0.231 e. The first kappa shape index (κ1) is 11.8. The molecule has 1 saturated heterocycles. The van der Waals surface area contributed by atoms with Crippen LogP contribution < -0.4 is 20.1 Å². The SMILES string of the molecule is CC1(C)CC(NCc2ccc3c(c2)OCO3)CN1. The van der Waals surface area contributed by atoms with E-state index in [4.69, 9.17) is 9.47 Å². The van der Waals surface area contributed by atoms with Gasteiger partial charge in [-0.2, -0.15) is 0 Å². The van der Waals surface area contributed by atoms with E-state index in [0.29, 0.717) is 12.8 Å². The summed E-state index contributed by atoms with van der Waals surface area (Å²) >= 11 is 0. The fourth-order valence-corrected chi connectivity index (χ4v) is 2.62. The van der Waals surface area contributed by atoms with Gasteiger partial charge in [0, 0.05) is 24.7 Å². The molecule has 0 spiro atoms. The molecule has 98 valence electrons. The van der Waals surface area contributed by atoms with Crippen LogP contribution in [0, 0.1) is 0 Å². The first-order valence-corrected chi connectivity index (χ1v) is 6.49. The van der Waals surface area contributed by atoms with Crippen LogP contribution in [0.15, 0.2) is 18.2 Å². The molecule has 2 heterocycles. The highest BCUT2D eigenvalue weighted by Crippen LogP contribution is 2.32. The van der Waals surface area contributed by atoms with Crippen molar-refractivity contribution in [3.63, 3.8) is 0 Å². The summed E-state index contributed by atoms with van der Waals surface area (Å²) in [5.41, 5.74) is 1.50. The van der Waals surface area contributed by atoms with Gasteiger partial charge in [0.2, 0.25) is 6.79 Å². The van der Waals surface area contributed by atoms with Crippen molar-refractivity contribution in [2.45, 2.75) is 38.4 Å². The highest BCUT2D eigenvalue weighted by Gasteiger charge is 2.29. The molecule has 18 heavy (non-hydrogen) atoms. The highest BCUT2D eigenvalue weighted by molar-refractivity contribution is 5.44. The minimum Gasteiger partial charge on any atom is -0.454 e. The summed E-state index contributed by atoms with van der Waals surface area (Å²) in [7, 11) is 0. The van der Waals surface area contributed by atoms with Crippen LogP contribution in [0.25, 0.3) is 0 Å². The van der Waals surface area contributed by atoms with E-state index in [9.17, 15) is 0 Å². The molecule has 0 amide bonds. The van der Waals surface area contributed by atoms with E-state index in [-0.39, 0.29) is 5.54 Å². The Hall–Kier alpha value is -1.26. The van der Waals surface area contributed by atoms with Crippen LogP contribution in [0.5, 0.6) is 11.5 Å². The molecule has 1 unspecified atom stereocenters. The molecule has 1 fully saturated rings. The molecule has 1 atom stereocenters. The average molecular weight is 248 g/mol. The molecular formula is C14H20N2O2. The Morgan fingerprint density at radius 3 is 2.94 bits per heavy atom. The molecule has 1 aromatic carbocycles. The van der Waals surface area contributed by atoms with Gasteiger partial charge in [0.05, 0.1) is 0 Å². The quantitative estimate of drug-likeness (QED) is 0.853. The molecule has 0 aromatic heterocycles. The summed E-state index contributed by atoms with van der Waals surface area (Å²) in [6.45, 7) is 6.74. The molecule has 3 rings (SSSR count). The van der Waals surface area contributed by atoms with Gasteiger partial charge in [0.1, 0.15) is 0 Å². The summed E-state index contributed by atoms with van der Waals surface area (Å²) in [4.78, 5) is 0. The van der Waals surface area contributed by atoms with Crippen molar-refractivity contribution in [3.05, 3.63) is 23.8 Å². The summed E-state index contributed by atoms with van der Waals surface area (Å²) < 4.78 is 10.7. The lowest BCUT2D eigenvalue weighted by atomic mass is 10.0. The van der Waals surface area contributed by atoms with E-state index in [1.165, 1.54) is 5.56 Å². The third kappa shape index (κ3) is 2.44. The molecule has 0 aliphatic carbocycles. The second kappa shape index (κ2) is 4.44. The van der Waals surface area contributed by atoms with E-state index in [2.05, 4.69) is 36.6 Å². The van der Waals surface area contributed by atoms with E-state index in [0.717, 1.165) is 31.0 Å². The largest absolute Gasteiger partial charge is 0.454 e. The number of nitrogens with one attached hydrogen (secondary N) is 2. The maximum Gasteiger partial charge on any atom is 0.231 e. The Morgan fingerprint density at radius 1 is 1.33 bits per heavy atom. The van der Waals surface area contributed by atoms with Crippen LogP contribution in [0.4, 0.5) is 0 Å². The predicted molar refractivity (Wildman–Crippen MR) is 69.9 cm³/mol. The fourth-order valence-electron chi connectivity index (χ4n) is 2.62. The van der Waals surface area contributed by atoms with Gasteiger partial charge < -0.3 is 20.1 Å². The second-order valence-corrected chi connectivity index (χ2v) is 5.73. The zero-order valence-corrected chi connectivity index (χ0v) is 11.0. The molecule has 2 aliphatic heterocycles. The Labute approximate surface area is 108 Å². The normalized spacial score (nSPS) is 24.4. The maximum atomic E-state index is 5.38. The number of fused-ring (bicyclic) bond motifs is 1. The van der Waals surface area contributed by atoms with Gasteiger partial charge in [-0.25, -0.2) is 0 Å². The van der Waals surface area contributed by atoms with Gasteiger partial charge in [-0.05, 0) is 38.0 Å². The first-order valence-electron chi connectivity index (χ1n) is 6.49. The monoisotopic (exact) mass is 248 g/mol. The predicted octanol–water partition coefficient (Wildman–Crippen LogP) is 1.65. The molecule has 0 bridgehead atoms. The van der Waals surface area contributed by atoms with Crippen LogP contribution in [-0.2, 0) is 6.54 Å². The van der Waals surface area contributed by atoms with Crippen molar-refractivity contribution < 1.29 is 9.47 Å². The van der Waals surface area contributed by atoms with Crippen LogP contribution in [0.2, 0.25) is 0 Å². The van der Waals surface area contributed by atoms with Crippen LogP contribution in [0.1, 0.15) is 25.8 Å². The zero-order valence-electron chi connectivity index (χ0n) is 11.0. The Bertz CT molecular complexity index is 445. The summed E-state index contributed by atoms with van der Waals surface area (Å²) in [5.74, 6) is 1.71. The number of benzene rings is 1. The number of rotatable bonds is 3. The van der Waals surface area contributed by atoms with Gasteiger partial charge in [0.15, 0.2) is 11.5 Å². The highest BCUT2D eigenvalue weighted by atomic mass is 16.7. The third-order valence-electron chi connectivity index (χ3n) is 3.62. The molecule has 2 aliphatic rings. The topological polar surface area (TPSA) is 42.5 Å². The van der Waals surface area contributed by atoms with Gasteiger partial charge in [-0.15, -0.1) is 0 Å². The lowest BCUT2D eigenvalue weighted by Gasteiger charge is -2.17. The van der Waals surface area contributed by atoms with Gasteiger partial charge in [-0.1, -0.05) is 6.07 Å². The standard InChI is InChI=1S/C14H20N2O2/c1-14(2)6-11(8-16-14)15-7-10-3-4-12-13(5-10)18-9-17-12/h3-5,11,15-16H,6-9H2,1-2H3. The van der Waals surface area contributed by atoms with Gasteiger partial charge in [0.25, 0.3) is 0 Å². The van der Waals surface area contributed by atoms with Crippen LogP contribution in [0.3, 0.4) is 0 Å². The minimum absolute atomic E-state index is 0.257. The summed E-state index contributed by atoms with van der Waals surface area (Å²) in [6, 6.07) is 6.68. The molecule has 1 aromatic rings. The van der Waals surface area contributed by atoms with E-state index in [1.807, 2.05) is 6.07 Å². The van der Waals surface area contributed by atoms with Gasteiger partial charge >= 0.3 is 0 Å². The van der Waals surface area contributed by atoms with Crippen molar-refractivity contribution in [2.75, 3.05) is 13.3 Å². The van der Waals surface area contributed by atoms with E-state index >= 15 is 0 Å². The third-order valence-corrected chi connectivity index (χ3v) is 3.62. The molecule has 4 heteroatoms. The summed E-state index contributed by atoms with van der Waals surface area (Å²) in [6.07, 6.45) is 1.16. The van der Waals surface area contributed by atoms with Crippen molar-refractivity contribution in [1.82, 2.24) is 10.6 Å². The molecular weight excluding hydrogens is 228 g/mol. The van der Waals surface area contributed by atoms with Crippen molar-refractivity contribution in [1.29, 1.82) is 0 Å². The lowest BCUT2D eigenvalue weighted by molar-refractivity contribution is 0.174. The van der Waals surface area contributed by atoms with Crippen molar-refractivity contribution >= 4 is 0 Å². The maximum absolute atomic E-state index is 5.38. The average Bonchev–Trinajstić information content (AvgIpc) is 2.92. The van der Waals surface area contributed by atoms with Crippen molar-refractivity contribution in [2.24, 2.45) is 0 Å². The molecule has 0 saturated carbocycles. The molecule has 0 radical (unpaired) electrons. The zero-order chi connectivity index (χ0) is 12.6. The molecule has 4 nitrogen and oxygen atoms in total. The fraction of sp³-hybridized carbons (Fsp3) is 0.571. The Morgan fingerprint density at radius 2 is 2.17 bits per heavy atom. The number of ether oxygens (including phenoxy) is 2. The minimum atomic E-state index is 0.257. The van der Waals surface area contributed by atoms with Gasteiger partial charge in [-0.3, -0.25) is 0 Å². The Balaban J connectivity index is 1.57. The first-order chi connectivity index (χ1) is 8.62.